The van der Waals surface area contributed by atoms with Crippen LogP contribution in [0, 0.1) is 5.92 Å². The minimum atomic E-state index is 0.515. The maximum absolute atomic E-state index is 4.48. The van der Waals surface area contributed by atoms with E-state index in [1.807, 2.05) is 11.7 Å². The molecule has 0 aliphatic heterocycles. The summed E-state index contributed by atoms with van der Waals surface area (Å²) >= 11 is 0. The zero-order chi connectivity index (χ0) is 14.5. The summed E-state index contributed by atoms with van der Waals surface area (Å²) in [6, 6.07) is 10.7. The zero-order valence-corrected chi connectivity index (χ0v) is 12.9. The summed E-state index contributed by atoms with van der Waals surface area (Å²) in [6.45, 7) is 7.65. The molecule has 1 N–H and O–H groups in total. The van der Waals surface area contributed by atoms with Gasteiger partial charge in [0.25, 0.3) is 0 Å². The Morgan fingerprint density at radius 1 is 1.20 bits per heavy atom. The van der Waals surface area contributed by atoms with Crippen LogP contribution in [0.2, 0.25) is 0 Å². The molecule has 0 saturated carbocycles. The molecule has 0 fully saturated rings. The summed E-state index contributed by atoms with van der Waals surface area (Å²) in [7, 11) is 1.97. The summed E-state index contributed by atoms with van der Waals surface area (Å²) in [4.78, 5) is 0. The molecule has 0 bridgehead atoms. The molecule has 2 aromatic rings. The molecule has 3 nitrogen and oxygen atoms in total. The smallest absolute Gasteiger partial charge is 0.0853 e. The SMILES string of the molecule is CCc1nn(C)cc1NCC(c1ccccc1)C(C)C. The van der Waals surface area contributed by atoms with Gasteiger partial charge in [-0.1, -0.05) is 51.1 Å². The van der Waals surface area contributed by atoms with Gasteiger partial charge in [0.1, 0.15) is 0 Å². The van der Waals surface area contributed by atoms with Crippen molar-refractivity contribution in [2.24, 2.45) is 13.0 Å². The Bertz CT molecular complexity index is 528. The van der Waals surface area contributed by atoms with Crippen molar-refractivity contribution < 1.29 is 0 Å². The zero-order valence-electron chi connectivity index (χ0n) is 12.9. The van der Waals surface area contributed by atoms with Crippen LogP contribution in [-0.2, 0) is 13.5 Å². The number of aromatic nitrogens is 2. The summed E-state index contributed by atoms with van der Waals surface area (Å²) in [6.07, 6.45) is 3.03. The Morgan fingerprint density at radius 2 is 1.90 bits per heavy atom. The summed E-state index contributed by atoms with van der Waals surface area (Å²) in [5, 5.41) is 8.06. The minimum absolute atomic E-state index is 0.515. The topological polar surface area (TPSA) is 29.9 Å². The minimum Gasteiger partial charge on any atom is -0.382 e. The molecule has 1 aromatic heterocycles. The first-order valence-electron chi connectivity index (χ1n) is 7.43. The third kappa shape index (κ3) is 3.41. The maximum Gasteiger partial charge on any atom is 0.0853 e. The monoisotopic (exact) mass is 271 g/mol. The van der Waals surface area contributed by atoms with Gasteiger partial charge in [0.15, 0.2) is 0 Å². The molecular weight excluding hydrogens is 246 g/mol. The van der Waals surface area contributed by atoms with Gasteiger partial charge < -0.3 is 5.32 Å². The molecule has 1 aromatic carbocycles. The van der Waals surface area contributed by atoms with Gasteiger partial charge in [0, 0.05) is 25.7 Å². The lowest BCUT2D eigenvalue weighted by Gasteiger charge is -2.22. The van der Waals surface area contributed by atoms with Gasteiger partial charge in [-0.05, 0) is 17.9 Å². The second-order valence-electron chi connectivity index (χ2n) is 5.66. The lowest BCUT2D eigenvalue weighted by atomic mass is 9.88. The van der Waals surface area contributed by atoms with Crippen LogP contribution in [-0.4, -0.2) is 16.3 Å². The molecule has 0 amide bonds. The lowest BCUT2D eigenvalue weighted by Crippen LogP contribution is -2.18. The molecule has 2 rings (SSSR count). The van der Waals surface area contributed by atoms with Crippen LogP contribution in [0.4, 0.5) is 5.69 Å². The predicted molar refractivity (Wildman–Crippen MR) is 85.1 cm³/mol. The van der Waals surface area contributed by atoms with Crippen LogP contribution in [0.1, 0.15) is 37.9 Å². The van der Waals surface area contributed by atoms with Gasteiger partial charge in [-0.15, -0.1) is 0 Å². The van der Waals surface area contributed by atoms with Gasteiger partial charge >= 0.3 is 0 Å². The molecule has 1 unspecified atom stereocenters. The second-order valence-corrected chi connectivity index (χ2v) is 5.66. The Morgan fingerprint density at radius 3 is 2.50 bits per heavy atom. The lowest BCUT2D eigenvalue weighted by molar-refractivity contribution is 0.517. The van der Waals surface area contributed by atoms with Crippen LogP contribution >= 0.6 is 0 Å². The van der Waals surface area contributed by atoms with Crippen molar-refractivity contribution in [1.82, 2.24) is 9.78 Å². The van der Waals surface area contributed by atoms with Crippen molar-refractivity contribution in [2.75, 3.05) is 11.9 Å². The predicted octanol–water partition coefficient (Wildman–Crippen LogP) is 3.83. The fourth-order valence-corrected chi connectivity index (χ4v) is 2.60. The third-order valence-electron chi connectivity index (χ3n) is 3.79. The number of nitrogens with one attached hydrogen (secondary N) is 1. The van der Waals surface area contributed by atoms with Gasteiger partial charge in [-0.3, -0.25) is 4.68 Å². The average molecular weight is 271 g/mol. The molecule has 0 saturated heterocycles. The van der Waals surface area contributed by atoms with Crippen LogP contribution in [0.5, 0.6) is 0 Å². The Kier molecular flexibility index (Phi) is 4.83. The molecule has 0 radical (unpaired) electrons. The molecule has 0 aliphatic carbocycles. The highest BCUT2D eigenvalue weighted by atomic mass is 15.3. The molecule has 0 spiro atoms. The number of hydrogen-bond acceptors (Lipinski definition) is 2. The van der Waals surface area contributed by atoms with Gasteiger partial charge in [-0.25, -0.2) is 0 Å². The standard InChI is InChI=1S/C17H25N3/c1-5-16-17(12-20(4)19-16)18-11-15(13(2)3)14-9-7-6-8-10-14/h6-10,12-13,15,18H,5,11H2,1-4H3. The number of nitrogens with zero attached hydrogens (tertiary/aromatic N) is 2. The number of benzene rings is 1. The molecule has 1 heterocycles. The van der Waals surface area contributed by atoms with E-state index in [0.29, 0.717) is 11.8 Å². The third-order valence-corrected chi connectivity index (χ3v) is 3.79. The highest BCUT2D eigenvalue weighted by molar-refractivity contribution is 5.46. The summed E-state index contributed by atoms with van der Waals surface area (Å²) < 4.78 is 1.88. The molecular formula is C17H25N3. The van der Waals surface area contributed by atoms with Crippen molar-refractivity contribution >= 4 is 5.69 Å². The first kappa shape index (κ1) is 14.6. The van der Waals surface area contributed by atoms with Crippen molar-refractivity contribution in [2.45, 2.75) is 33.1 Å². The first-order chi connectivity index (χ1) is 9.61. The molecule has 0 aliphatic rings. The van der Waals surface area contributed by atoms with E-state index >= 15 is 0 Å². The van der Waals surface area contributed by atoms with Crippen molar-refractivity contribution in [3.8, 4) is 0 Å². The molecule has 1 atom stereocenters. The molecule has 108 valence electrons. The highest BCUT2D eigenvalue weighted by Gasteiger charge is 2.16. The van der Waals surface area contributed by atoms with Crippen molar-refractivity contribution in [3.63, 3.8) is 0 Å². The maximum atomic E-state index is 4.48. The molecule has 3 heteroatoms. The summed E-state index contributed by atoms with van der Waals surface area (Å²) in [5.41, 5.74) is 3.71. The van der Waals surface area contributed by atoms with Crippen LogP contribution in [0.15, 0.2) is 36.5 Å². The Labute approximate surface area is 122 Å². The van der Waals surface area contributed by atoms with E-state index in [0.717, 1.165) is 24.3 Å². The fourth-order valence-electron chi connectivity index (χ4n) is 2.60. The van der Waals surface area contributed by atoms with Crippen molar-refractivity contribution in [3.05, 3.63) is 47.8 Å². The van der Waals surface area contributed by atoms with Crippen molar-refractivity contribution in [1.29, 1.82) is 0 Å². The summed E-state index contributed by atoms with van der Waals surface area (Å²) in [5.74, 6) is 1.12. The van der Waals surface area contributed by atoms with E-state index in [9.17, 15) is 0 Å². The number of rotatable bonds is 6. The van der Waals surface area contributed by atoms with E-state index in [4.69, 9.17) is 0 Å². The number of anilines is 1. The van der Waals surface area contributed by atoms with E-state index in [-0.39, 0.29) is 0 Å². The fraction of sp³-hybridized carbons (Fsp3) is 0.471. The van der Waals surface area contributed by atoms with Crippen LogP contribution < -0.4 is 5.32 Å². The number of hydrogen-bond donors (Lipinski definition) is 1. The Balaban J connectivity index is 2.10. The Hall–Kier alpha value is -1.77. The second kappa shape index (κ2) is 6.60. The van der Waals surface area contributed by atoms with Gasteiger partial charge in [0.05, 0.1) is 11.4 Å². The van der Waals surface area contributed by atoms with E-state index in [1.165, 1.54) is 5.56 Å². The van der Waals surface area contributed by atoms with Gasteiger partial charge in [0.2, 0.25) is 0 Å². The quantitative estimate of drug-likeness (QED) is 0.865. The average Bonchev–Trinajstić information content (AvgIpc) is 2.80. The van der Waals surface area contributed by atoms with Crippen LogP contribution in [0.25, 0.3) is 0 Å². The van der Waals surface area contributed by atoms with Gasteiger partial charge in [-0.2, -0.15) is 5.10 Å². The normalized spacial score (nSPS) is 12.7. The largest absolute Gasteiger partial charge is 0.382 e. The van der Waals surface area contributed by atoms with E-state index < -0.39 is 0 Å². The van der Waals surface area contributed by atoms with Crippen LogP contribution in [0.3, 0.4) is 0 Å². The highest BCUT2D eigenvalue weighted by Crippen LogP contribution is 2.25. The molecule has 20 heavy (non-hydrogen) atoms. The van der Waals surface area contributed by atoms with E-state index in [1.54, 1.807) is 0 Å². The van der Waals surface area contributed by atoms with E-state index in [2.05, 4.69) is 67.7 Å². The first-order valence-corrected chi connectivity index (χ1v) is 7.43. The number of aryl methyl sites for hydroxylation is 2.